The number of nitrogens with zero attached hydrogens (tertiary/aromatic N) is 2. The van der Waals surface area contributed by atoms with Crippen molar-refractivity contribution in [1.29, 1.82) is 0 Å². The van der Waals surface area contributed by atoms with Crippen molar-refractivity contribution >= 4 is 17.6 Å². The number of anilines is 1. The zero-order chi connectivity index (χ0) is 24.3. The van der Waals surface area contributed by atoms with E-state index < -0.39 is 40.3 Å². The average molecular weight is 448 g/mol. The van der Waals surface area contributed by atoms with Gasteiger partial charge in [0.15, 0.2) is 11.6 Å². The summed E-state index contributed by atoms with van der Waals surface area (Å²) in [6.07, 6.45) is 1.51. The van der Waals surface area contributed by atoms with Crippen LogP contribution in [-0.2, 0) is 22.6 Å². The number of nitrogens with two attached hydrogens (primary N) is 2. The molecule has 9 heteroatoms. The summed E-state index contributed by atoms with van der Waals surface area (Å²) in [5, 5.41) is 2.83. The lowest BCUT2D eigenvalue weighted by Crippen LogP contribution is -2.69. The molecule has 1 unspecified atom stereocenters. The number of rotatable bonds is 8. The highest BCUT2D eigenvalue weighted by molar-refractivity contribution is 5.94. The molecule has 1 aromatic heterocycles. The Morgan fingerprint density at radius 3 is 2.19 bits per heavy atom. The van der Waals surface area contributed by atoms with Crippen LogP contribution >= 0.6 is 0 Å². The van der Waals surface area contributed by atoms with Gasteiger partial charge in [-0.15, -0.1) is 0 Å². The van der Waals surface area contributed by atoms with Crippen molar-refractivity contribution in [3.05, 3.63) is 59.3 Å². The largest absolute Gasteiger partial charge is 0.384 e. The number of hydrogen-bond acceptors (Lipinski definition) is 5. The smallest absolute Gasteiger partial charge is 0.239 e. The average Bonchev–Trinajstić information content (AvgIpc) is 2.68. The van der Waals surface area contributed by atoms with Gasteiger partial charge in [0.05, 0.1) is 5.92 Å². The van der Waals surface area contributed by atoms with E-state index in [1.54, 1.807) is 31.1 Å². The third-order valence-electron chi connectivity index (χ3n) is 5.78. The van der Waals surface area contributed by atoms with Crippen LogP contribution in [0.1, 0.15) is 31.9 Å². The van der Waals surface area contributed by atoms with Gasteiger partial charge >= 0.3 is 0 Å². The highest BCUT2D eigenvalue weighted by Gasteiger charge is 2.57. The lowest BCUT2D eigenvalue weighted by Gasteiger charge is -2.51. The summed E-state index contributed by atoms with van der Waals surface area (Å²) in [5.41, 5.74) is 10.4. The van der Waals surface area contributed by atoms with Crippen LogP contribution in [0.4, 0.5) is 14.6 Å². The minimum atomic E-state index is -1.43. The van der Waals surface area contributed by atoms with Crippen LogP contribution in [0.15, 0.2) is 36.5 Å². The lowest BCUT2D eigenvalue weighted by molar-refractivity contribution is -0.151. The fourth-order valence-electron chi connectivity index (χ4n) is 4.45. The molecule has 0 saturated carbocycles. The molecule has 0 spiro atoms. The summed E-state index contributed by atoms with van der Waals surface area (Å²) in [5.74, 6) is -3.80. The molecule has 1 heterocycles. The first-order valence-corrected chi connectivity index (χ1v) is 10.2. The van der Waals surface area contributed by atoms with Gasteiger partial charge in [0.25, 0.3) is 0 Å². The molecule has 0 aliphatic heterocycles. The Balaban J connectivity index is 2.50. The van der Waals surface area contributed by atoms with Crippen molar-refractivity contribution < 1.29 is 18.4 Å². The van der Waals surface area contributed by atoms with Crippen LogP contribution in [0, 0.1) is 23.0 Å². The maximum atomic E-state index is 13.9. The van der Waals surface area contributed by atoms with Gasteiger partial charge in [-0.1, -0.05) is 32.9 Å². The number of pyridine rings is 1. The molecule has 0 fully saturated rings. The predicted molar refractivity (Wildman–Crippen MR) is 119 cm³/mol. The highest BCUT2D eigenvalue weighted by atomic mass is 19.2. The van der Waals surface area contributed by atoms with Gasteiger partial charge < -0.3 is 16.8 Å². The second-order valence-electron chi connectivity index (χ2n) is 9.09. The Morgan fingerprint density at radius 2 is 1.72 bits per heavy atom. The topological polar surface area (TPSA) is 114 Å². The molecule has 1 aromatic carbocycles. The fraction of sp³-hybridized carbons (Fsp3) is 0.435. The number of carbonyl (C=O) groups is 2. The van der Waals surface area contributed by atoms with Crippen LogP contribution in [-0.4, -0.2) is 41.3 Å². The number of nitrogen functional groups attached to an aromatic ring is 1. The maximum Gasteiger partial charge on any atom is 0.239 e. The summed E-state index contributed by atoms with van der Waals surface area (Å²) in [4.78, 5) is 32.0. The van der Waals surface area contributed by atoms with Gasteiger partial charge in [-0.3, -0.25) is 14.5 Å². The number of aromatic nitrogens is 1. The molecule has 2 atom stereocenters. The zero-order valence-corrected chi connectivity index (χ0v) is 19.1. The van der Waals surface area contributed by atoms with Gasteiger partial charge in [0.2, 0.25) is 11.8 Å². The number of benzene rings is 1. The van der Waals surface area contributed by atoms with E-state index in [9.17, 15) is 18.4 Å². The van der Waals surface area contributed by atoms with Crippen molar-refractivity contribution in [2.75, 3.05) is 19.8 Å². The molecule has 5 N–H and O–H groups in total. The van der Waals surface area contributed by atoms with E-state index >= 15 is 0 Å². The Morgan fingerprint density at radius 1 is 1.09 bits per heavy atom. The van der Waals surface area contributed by atoms with E-state index in [-0.39, 0.29) is 13.0 Å². The number of carbonyl (C=O) groups excluding carboxylic acids is 2. The quantitative estimate of drug-likeness (QED) is 0.574. The normalized spacial score (nSPS) is 14.6. The number of halogens is 2. The van der Waals surface area contributed by atoms with Gasteiger partial charge in [-0.05, 0) is 55.3 Å². The molecule has 0 aliphatic carbocycles. The van der Waals surface area contributed by atoms with Crippen molar-refractivity contribution in [2.45, 2.75) is 39.3 Å². The Bertz CT molecular complexity index is 973. The summed E-state index contributed by atoms with van der Waals surface area (Å²) >= 11 is 0. The van der Waals surface area contributed by atoms with Crippen molar-refractivity contribution in [3.63, 3.8) is 0 Å². The molecule has 174 valence electrons. The Hall–Kier alpha value is -3.07. The van der Waals surface area contributed by atoms with Crippen molar-refractivity contribution in [2.24, 2.45) is 17.1 Å². The van der Waals surface area contributed by atoms with Crippen LogP contribution in [0.5, 0.6) is 0 Å². The van der Waals surface area contributed by atoms with E-state index in [0.29, 0.717) is 16.9 Å². The number of hydrogen-bond donors (Lipinski definition) is 3. The molecule has 2 amide bonds. The molecule has 0 saturated heterocycles. The number of nitrogens with one attached hydrogen (secondary N) is 1. The van der Waals surface area contributed by atoms with Crippen molar-refractivity contribution in [3.8, 4) is 0 Å². The summed E-state index contributed by atoms with van der Waals surface area (Å²) in [6.45, 7) is 5.58. The molecule has 2 rings (SSSR count). The van der Waals surface area contributed by atoms with E-state index in [1.807, 2.05) is 20.8 Å². The maximum absolute atomic E-state index is 13.9. The van der Waals surface area contributed by atoms with E-state index in [0.717, 1.165) is 12.1 Å². The van der Waals surface area contributed by atoms with Crippen LogP contribution in [0.3, 0.4) is 0 Å². The molecule has 0 bridgehead atoms. The van der Waals surface area contributed by atoms with Crippen molar-refractivity contribution in [1.82, 2.24) is 15.2 Å². The molecule has 2 aromatic rings. The monoisotopic (exact) mass is 447 g/mol. The first kappa shape index (κ1) is 25.2. The summed E-state index contributed by atoms with van der Waals surface area (Å²) in [6, 6.07) is 6.77. The molecule has 32 heavy (non-hydrogen) atoms. The van der Waals surface area contributed by atoms with E-state index in [2.05, 4.69) is 10.3 Å². The lowest BCUT2D eigenvalue weighted by atomic mass is 9.62. The number of amides is 2. The molecule has 0 radical (unpaired) electrons. The van der Waals surface area contributed by atoms with Gasteiger partial charge in [0, 0.05) is 12.7 Å². The van der Waals surface area contributed by atoms with Gasteiger partial charge in [-0.25, -0.2) is 13.8 Å². The first-order chi connectivity index (χ1) is 14.8. The van der Waals surface area contributed by atoms with E-state index in [4.69, 9.17) is 11.5 Å². The molecular formula is C23H31F2N5O2. The summed E-state index contributed by atoms with van der Waals surface area (Å²) in [7, 11) is 3.34. The van der Waals surface area contributed by atoms with Crippen LogP contribution in [0.25, 0.3) is 0 Å². The third kappa shape index (κ3) is 5.04. The van der Waals surface area contributed by atoms with Gasteiger partial charge in [-0.2, -0.15) is 0 Å². The third-order valence-corrected chi connectivity index (χ3v) is 5.78. The molecular weight excluding hydrogens is 416 g/mol. The second-order valence-corrected chi connectivity index (χ2v) is 9.09. The van der Waals surface area contributed by atoms with Crippen LogP contribution < -0.4 is 16.8 Å². The SMILES string of the molecule is CN(C)C(C(N)=O)([C@H](Cc1ccc(F)c(F)c1)C(=O)NCc1ccc(N)nc1)C(C)(C)C. The Labute approximate surface area is 187 Å². The Kier molecular flexibility index (Phi) is 7.56. The highest BCUT2D eigenvalue weighted by Crippen LogP contribution is 2.42. The first-order valence-electron chi connectivity index (χ1n) is 10.2. The summed E-state index contributed by atoms with van der Waals surface area (Å²) < 4.78 is 27.3. The molecule has 0 aliphatic rings. The minimum Gasteiger partial charge on any atom is -0.384 e. The number of primary amides is 1. The number of likely N-dealkylation sites (N-methyl/N-ethyl adjacent to an activating group) is 1. The van der Waals surface area contributed by atoms with Crippen LogP contribution in [0.2, 0.25) is 0 Å². The predicted octanol–water partition coefficient (Wildman–Crippen LogP) is 2.25. The minimum absolute atomic E-state index is 0.0264. The fourth-order valence-corrected chi connectivity index (χ4v) is 4.45. The molecule has 7 nitrogen and oxygen atoms in total. The second kappa shape index (κ2) is 9.60. The van der Waals surface area contributed by atoms with Gasteiger partial charge in [0.1, 0.15) is 11.4 Å². The standard InChI is InChI=1S/C23H31F2N5O2/c1-22(2,3)23(21(27)32,30(4)5)16(10-14-6-8-17(24)18(25)11-14)20(31)29-13-15-7-9-19(26)28-12-15/h6-9,11-12,16H,10,13H2,1-5H3,(H2,26,28)(H2,27,32)(H,29,31)/t16-,23?/m1/s1. The zero-order valence-electron chi connectivity index (χ0n) is 19.1. The van der Waals surface area contributed by atoms with E-state index in [1.165, 1.54) is 12.3 Å².